The van der Waals surface area contributed by atoms with Gasteiger partial charge in [-0.3, -0.25) is 9.59 Å². The van der Waals surface area contributed by atoms with E-state index >= 15 is 0 Å². The first-order chi connectivity index (χ1) is 12.2. The lowest BCUT2D eigenvalue weighted by molar-refractivity contribution is -0.114. The van der Waals surface area contributed by atoms with E-state index in [0.29, 0.717) is 22.8 Å². The van der Waals surface area contributed by atoms with Crippen molar-refractivity contribution in [1.29, 1.82) is 0 Å². The van der Waals surface area contributed by atoms with Crippen LogP contribution >= 0.6 is 11.3 Å². The summed E-state index contributed by atoms with van der Waals surface area (Å²) in [6, 6.07) is 6.85. The highest BCUT2D eigenvalue weighted by Gasteiger charge is 2.30. The summed E-state index contributed by atoms with van der Waals surface area (Å²) in [5.41, 5.74) is 1.85. The maximum absolute atomic E-state index is 12.4. The fourth-order valence-corrected chi connectivity index (χ4v) is 5.38. The van der Waals surface area contributed by atoms with E-state index in [4.69, 9.17) is 0 Å². The number of nitrogens with zero attached hydrogens (tertiary/aromatic N) is 1. The summed E-state index contributed by atoms with van der Waals surface area (Å²) in [4.78, 5) is 28.7. The van der Waals surface area contributed by atoms with Gasteiger partial charge in [-0.05, 0) is 37.6 Å². The number of carbonyl (C=O) groups excluding carboxylic acids is 2. The van der Waals surface area contributed by atoms with Crippen LogP contribution in [0.4, 0.5) is 5.69 Å². The van der Waals surface area contributed by atoms with E-state index in [1.165, 1.54) is 18.3 Å². The highest BCUT2D eigenvalue weighted by molar-refractivity contribution is 7.91. The number of sulfone groups is 1. The molecule has 0 bridgehead atoms. The zero-order valence-electron chi connectivity index (χ0n) is 14.4. The molecule has 1 unspecified atom stereocenters. The Morgan fingerprint density at radius 3 is 2.50 bits per heavy atom. The largest absolute Gasteiger partial charge is 0.347 e. The first-order valence-corrected chi connectivity index (χ1v) is 10.7. The number of carbonyl (C=O) groups is 2. The fraction of sp³-hybridized carbons (Fsp3) is 0.353. The molecule has 1 aromatic heterocycles. The van der Waals surface area contributed by atoms with Gasteiger partial charge in [0.05, 0.1) is 11.5 Å². The molecule has 1 saturated heterocycles. The highest BCUT2D eigenvalue weighted by atomic mass is 32.2. The molecule has 138 valence electrons. The average molecular weight is 393 g/mol. The quantitative estimate of drug-likeness (QED) is 0.826. The number of rotatable bonds is 4. The maximum atomic E-state index is 12.4. The number of thiazole rings is 1. The van der Waals surface area contributed by atoms with E-state index in [2.05, 4.69) is 15.6 Å². The van der Waals surface area contributed by atoms with Gasteiger partial charge >= 0.3 is 0 Å². The van der Waals surface area contributed by atoms with Crippen LogP contribution in [0, 0.1) is 6.92 Å². The minimum atomic E-state index is -3.05. The standard InChI is InChI=1S/C17H19N3O4S2/c1-10-15(16(22)19-14-7-8-26(23,24)9-14)20-17(25-10)12-3-5-13(6-4-12)18-11(2)21/h3-6,14H,7-9H2,1-2H3,(H,18,21)(H,19,22). The number of hydrogen-bond acceptors (Lipinski definition) is 6. The van der Waals surface area contributed by atoms with Gasteiger partial charge in [0.25, 0.3) is 5.91 Å². The molecule has 0 aliphatic carbocycles. The maximum Gasteiger partial charge on any atom is 0.271 e. The summed E-state index contributed by atoms with van der Waals surface area (Å²) < 4.78 is 23.0. The summed E-state index contributed by atoms with van der Waals surface area (Å²) >= 11 is 1.40. The van der Waals surface area contributed by atoms with Crippen molar-refractivity contribution < 1.29 is 18.0 Å². The Balaban J connectivity index is 1.74. The van der Waals surface area contributed by atoms with Crippen molar-refractivity contribution in [3.8, 4) is 10.6 Å². The van der Waals surface area contributed by atoms with Crippen molar-refractivity contribution in [3.63, 3.8) is 0 Å². The molecule has 3 rings (SSSR count). The number of aromatic nitrogens is 1. The van der Waals surface area contributed by atoms with Crippen LogP contribution in [0.2, 0.25) is 0 Å². The van der Waals surface area contributed by atoms with E-state index < -0.39 is 9.84 Å². The van der Waals surface area contributed by atoms with Crippen molar-refractivity contribution in [2.75, 3.05) is 16.8 Å². The molecule has 1 aromatic carbocycles. The van der Waals surface area contributed by atoms with Crippen molar-refractivity contribution in [2.45, 2.75) is 26.3 Å². The van der Waals surface area contributed by atoms with Crippen LogP contribution < -0.4 is 10.6 Å². The first-order valence-electron chi connectivity index (χ1n) is 8.10. The second-order valence-electron chi connectivity index (χ2n) is 6.26. The molecule has 2 N–H and O–H groups in total. The molecule has 1 fully saturated rings. The van der Waals surface area contributed by atoms with E-state index in [1.807, 2.05) is 19.1 Å². The van der Waals surface area contributed by atoms with Gasteiger partial charge in [-0.15, -0.1) is 11.3 Å². The van der Waals surface area contributed by atoms with Gasteiger partial charge in [-0.1, -0.05) is 0 Å². The Kier molecular flexibility index (Phi) is 5.10. The van der Waals surface area contributed by atoms with Crippen molar-refractivity contribution in [3.05, 3.63) is 34.8 Å². The number of anilines is 1. The van der Waals surface area contributed by atoms with Gasteiger partial charge in [0, 0.05) is 29.1 Å². The average Bonchev–Trinajstić information content (AvgIpc) is 3.10. The smallest absolute Gasteiger partial charge is 0.271 e. The molecule has 2 heterocycles. The highest BCUT2D eigenvalue weighted by Crippen LogP contribution is 2.28. The van der Waals surface area contributed by atoms with Crippen molar-refractivity contribution in [1.82, 2.24) is 10.3 Å². The van der Waals surface area contributed by atoms with E-state index in [1.54, 1.807) is 12.1 Å². The molecule has 2 amide bonds. The summed E-state index contributed by atoms with van der Waals surface area (Å²) in [5, 5.41) is 6.16. The Hall–Kier alpha value is -2.26. The Labute approximate surface area is 155 Å². The van der Waals surface area contributed by atoms with Crippen LogP contribution in [0.5, 0.6) is 0 Å². The monoisotopic (exact) mass is 393 g/mol. The fourth-order valence-electron chi connectivity index (χ4n) is 2.79. The van der Waals surface area contributed by atoms with Gasteiger partial charge in [-0.25, -0.2) is 13.4 Å². The molecule has 0 saturated carbocycles. The van der Waals surface area contributed by atoms with E-state index in [0.717, 1.165) is 10.4 Å². The summed E-state index contributed by atoms with van der Waals surface area (Å²) in [5.74, 6) is -0.392. The van der Waals surface area contributed by atoms with E-state index in [9.17, 15) is 18.0 Å². The van der Waals surface area contributed by atoms with Crippen LogP contribution in [0.25, 0.3) is 10.6 Å². The molecular formula is C17H19N3O4S2. The second-order valence-corrected chi connectivity index (χ2v) is 9.69. The molecule has 1 aliphatic rings. The van der Waals surface area contributed by atoms with Gasteiger partial charge in [0.1, 0.15) is 10.7 Å². The van der Waals surface area contributed by atoms with Crippen molar-refractivity contribution in [2.24, 2.45) is 0 Å². The zero-order chi connectivity index (χ0) is 18.9. The third-order valence-corrected chi connectivity index (χ3v) is 6.82. The molecule has 0 radical (unpaired) electrons. The van der Waals surface area contributed by atoms with Crippen LogP contribution in [-0.4, -0.2) is 42.8 Å². The Morgan fingerprint density at radius 1 is 1.23 bits per heavy atom. The Bertz CT molecular complexity index is 949. The van der Waals surface area contributed by atoms with Gasteiger partial charge in [0.15, 0.2) is 9.84 Å². The van der Waals surface area contributed by atoms with Crippen LogP contribution in [0.1, 0.15) is 28.7 Å². The second kappa shape index (κ2) is 7.16. The normalized spacial score (nSPS) is 18.5. The number of aryl methyl sites for hydroxylation is 1. The number of benzene rings is 1. The predicted molar refractivity (Wildman–Crippen MR) is 101 cm³/mol. The van der Waals surface area contributed by atoms with Crippen LogP contribution in [0.3, 0.4) is 0 Å². The molecular weight excluding hydrogens is 374 g/mol. The summed E-state index contributed by atoms with van der Waals surface area (Å²) in [6.45, 7) is 3.26. The van der Waals surface area contributed by atoms with Crippen molar-refractivity contribution >= 4 is 38.7 Å². The van der Waals surface area contributed by atoms with Gasteiger partial charge < -0.3 is 10.6 Å². The van der Waals surface area contributed by atoms with Crippen LogP contribution in [-0.2, 0) is 14.6 Å². The number of nitrogens with one attached hydrogen (secondary N) is 2. The minimum Gasteiger partial charge on any atom is -0.347 e. The van der Waals surface area contributed by atoms with Gasteiger partial charge in [-0.2, -0.15) is 0 Å². The number of amides is 2. The predicted octanol–water partition coefficient (Wildman–Crippen LogP) is 1.99. The third kappa shape index (κ3) is 4.28. The minimum absolute atomic E-state index is 0.0145. The molecule has 26 heavy (non-hydrogen) atoms. The lowest BCUT2D eigenvalue weighted by Gasteiger charge is -2.09. The Morgan fingerprint density at radius 2 is 1.92 bits per heavy atom. The third-order valence-electron chi connectivity index (χ3n) is 4.03. The lowest BCUT2D eigenvalue weighted by atomic mass is 10.2. The molecule has 1 atom stereocenters. The molecule has 2 aromatic rings. The van der Waals surface area contributed by atoms with Crippen LogP contribution in [0.15, 0.2) is 24.3 Å². The molecule has 9 heteroatoms. The van der Waals surface area contributed by atoms with Gasteiger partial charge in [0.2, 0.25) is 5.91 Å². The summed E-state index contributed by atoms with van der Waals surface area (Å²) in [7, 11) is -3.05. The molecule has 0 spiro atoms. The SMILES string of the molecule is CC(=O)Nc1ccc(-c2nc(C(=O)NC3CCS(=O)(=O)C3)c(C)s2)cc1. The molecule has 1 aliphatic heterocycles. The zero-order valence-corrected chi connectivity index (χ0v) is 16.0. The topological polar surface area (TPSA) is 105 Å². The molecule has 7 nitrogen and oxygen atoms in total. The first kappa shape index (κ1) is 18.5. The lowest BCUT2D eigenvalue weighted by Crippen LogP contribution is -2.36. The number of hydrogen-bond donors (Lipinski definition) is 2. The summed E-state index contributed by atoms with van der Waals surface area (Å²) in [6.07, 6.45) is 0.439. The van der Waals surface area contributed by atoms with E-state index in [-0.39, 0.29) is 29.4 Å².